The molecule has 0 radical (unpaired) electrons. The number of hydrogen-bond donors (Lipinski definition) is 3. The molecular weight excluding hydrogens is 124 g/mol. The molecule has 0 aromatic heterocycles. The molecule has 0 bridgehead atoms. The molecule has 1 atom stereocenters. The van der Waals surface area contributed by atoms with Crippen LogP contribution >= 0.6 is 0 Å². The first kappa shape index (κ1) is 7.58. The zero-order chi connectivity index (χ0) is 7.28. The molecule has 50 valence electrons. The van der Waals surface area contributed by atoms with Crippen LogP contribution in [0.4, 0.5) is 0 Å². The van der Waals surface area contributed by atoms with E-state index in [1.54, 1.807) is 0 Å². The van der Waals surface area contributed by atoms with Crippen molar-refractivity contribution in [2.75, 3.05) is 0 Å². The zero-order valence-electron chi connectivity index (χ0n) is 4.83. The van der Waals surface area contributed by atoms with Crippen LogP contribution in [0.3, 0.4) is 0 Å². The minimum Gasteiger partial charge on any atom is -0.478 e. The van der Waals surface area contributed by atoms with E-state index >= 15 is 0 Å². The van der Waals surface area contributed by atoms with E-state index in [-0.39, 0.29) is 0 Å². The Bertz CT molecular complexity index is 150. The van der Waals surface area contributed by atoms with Crippen molar-refractivity contribution < 1.29 is 9.90 Å². The Hall–Kier alpha value is -1.42. The predicted molar refractivity (Wildman–Crippen MR) is 27.5 cm³/mol. The highest BCUT2D eigenvalue weighted by atomic mass is 16.4. The Morgan fingerprint density at radius 1 is 2.00 bits per heavy atom. The van der Waals surface area contributed by atoms with E-state index in [0.29, 0.717) is 0 Å². The first-order chi connectivity index (χ1) is 4.18. The van der Waals surface area contributed by atoms with Gasteiger partial charge in [-0.2, -0.15) is 5.43 Å². The fraction of sp³-hybridized carbons (Fsp3) is 0.667. The van der Waals surface area contributed by atoms with E-state index in [9.17, 15) is 4.79 Å². The minimum absolute atomic E-state index is 0.793. The second kappa shape index (κ2) is 3.57. The molecule has 0 heterocycles. The van der Waals surface area contributed by atoms with Gasteiger partial charge in [0, 0.05) is 0 Å². The summed E-state index contributed by atoms with van der Waals surface area (Å²) in [5.74, 6) is -1.03. The molecule has 0 aliphatic heterocycles. The smallest absolute Gasteiger partial charge is 0.350 e. The van der Waals surface area contributed by atoms with Gasteiger partial charge >= 0.3 is 5.97 Å². The fourth-order valence-electron chi connectivity index (χ4n) is 0.171. The lowest BCUT2D eigenvalue weighted by Crippen LogP contribution is -2.29. The summed E-state index contributed by atoms with van der Waals surface area (Å²) in [5, 5.41) is 11.1. The lowest BCUT2D eigenvalue weighted by Gasteiger charge is -1.92. The van der Waals surface area contributed by atoms with Crippen LogP contribution in [-0.2, 0) is 4.79 Å². The van der Waals surface area contributed by atoms with Gasteiger partial charge in [0.15, 0.2) is 0 Å². The van der Waals surface area contributed by atoms with E-state index in [1.165, 1.54) is 6.92 Å². The quantitative estimate of drug-likeness (QED) is 0.274. The molecule has 1 unspecified atom stereocenters. The predicted octanol–water partition coefficient (Wildman–Crippen LogP) is -0.486. The van der Waals surface area contributed by atoms with Crippen LogP contribution in [0, 0.1) is 5.53 Å². The average Bonchev–Trinajstić information content (AvgIpc) is 1.82. The molecule has 0 aliphatic rings. The topological polar surface area (TPSA) is 99.6 Å². The third-order valence-electron chi connectivity index (χ3n) is 0.672. The summed E-state index contributed by atoms with van der Waals surface area (Å²) in [6.45, 7) is 1.40. The van der Waals surface area contributed by atoms with Crippen molar-refractivity contribution in [3.8, 4) is 0 Å². The summed E-state index contributed by atoms with van der Waals surface area (Å²) < 4.78 is 0. The van der Waals surface area contributed by atoms with E-state index in [0.717, 1.165) is 0 Å². The second-order valence-electron chi connectivity index (χ2n) is 1.39. The van der Waals surface area contributed by atoms with Crippen LogP contribution in [0.5, 0.6) is 0 Å². The molecule has 9 heavy (non-hydrogen) atoms. The highest BCUT2D eigenvalue weighted by Gasteiger charge is 2.13. The number of nitrogens with one attached hydrogen (secondary N) is 2. The van der Waals surface area contributed by atoms with Crippen molar-refractivity contribution in [1.29, 1.82) is 5.53 Å². The maximum atomic E-state index is 9.98. The molecule has 0 saturated carbocycles. The largest absolute Gasteiger partial charge is 0.478 e. The minimum atomic E-state index is -1.03. The van der Waals surface area contributed by atoms with Gasteiger partial charge in [-0.25, -0.2) is 4.79 Å². The number of hydrogen-bond acceptors (Lipinski definition) is 3. The Labute approximate surface area is 51.1 Å². The molecule has 0 aromatic carbocycles. The number of aliphatic carboxylic acids is 1. The van der Waals surface area contributed by atoms with Gasteiger partial charge in [-0.3, -0.25) is 0 Å². The highest BCUT2D eigenvalue weighted by molar-refractivity contribution is 5.72. The first-order valence-electron chi connectivity index (χ1n) is 2.23. The molecule has 6 nitrogen and oxygen atoms in total. The van der Waals surface area contributed by atoms with Crippen LogP contribution in [-0.4, -0.2) is 17.1 Å². The van der Waals surface area contributed by atoms with Crippen molar-refractivity contribution in [3.63, 3.8) is 0 Å². The zero-order valence-corrected chi connectivity index (χ0v) is 4.83. The van der Waals surface area contributed by atoms with Gasteiger partial charge in [0.1, 0.15) is 0 Å². The van der Waals surface area contributed by atoms with Crippen LogP contribution in [0.2, 0.25) is 0 Å². The third-order valence-corrected chi connectivity index (χ3v) is 0.672. The van der Waals surface area contributed by atoms with Gasteiger partial charge in [-0.05, 0) is 12.5 Å². The Morgan fingerprint density at radius 3 is 2.89 bits per heavy atom. The summed E-state index contributed by atoms with van der Waals surface area (Å²) in [6.07, 6.45) is 0. The number of carboxylic acids is 1. The van der Waals surface area contributed by atoms with Crippen molar-refractivity contribution in [3.05, 3.63) is 0 Å². The summed E-state index contributed by atoms with van der Waals surface area (Å²) in [7, 11) is 0. The van der Waals surface area contributed by atoms with Crippen molar-refractivity contribution >= 4 is 5.97 Å². The lowest BCUT2D eigenvalue weighted by atomic mass is 10.4. The Morgan fingerprint density at radius 2 is 2.56 bits per heavy atom. The lowest BCUT2D eigenvalue weighted by molar-refractivity contribution is -0.139. The fourth-order valence-corrected chi connectivity index (χ4v) is 0.171. The van der Waals surface area contributed by atoms with Crippen LogP contribution in [0.25, 0.3) is 0 Å². The maximum absolute atomic E-state index is 9.98. The van der Waals surface area contributed by atoms with Gasteiger partial charge in [-0.15, -0.1) is 0 Å². The first-order valence-corrected chi connectivity index (χ1v) is 2.23. The van der Waals surface area contributed by atoms with Gasteiger partial charge in [0.2, 0.25) is 11.3 Å². The van der Waals surface area contributed by atoms with Crippen molar-refractivity contribution in [2.24, 2.45) is 5.22 Å². The summed E-state index contributed by atoms with van der Waals surface area (Å²) in [6, 6.07) is -0.793. The second-order valence-corrected chi connectivity index (χ2v) is 1.39. The van der Waals surface area contributed by atoms with Crippen LogP contribution < -0.4 is 10.3 Å². The van der Waals surface area contributed by atoms with Crippen LogP contribution in [0.1, 0.15) is 6.92 Å². The number of carboxylic acid groups (broad SMARTS) is 1. The monoisotopic (exact) mass is 131 g/mol. The molecule has 0 amide bonds. The van der Waals surface area contributed by atoms with Gasteiger partial charge in [-0.1, -0.05) is 0 Å². The average molecular weight is 131 g/mol. The Balaban J connectivity index is 3.63. The van der Waals surface area contributed by atoms with E-state index in [1.807, 2.05) is 0 Å². The number of carbonyl (C=O) groups is 1. The normalized spacial score (nSPS) is 11.2. The molecule has 0 rings (SSSR count). The summed E-state index contributed by atoms with van der Waals surface area (Å²) in [4.78, 5) is 12.5. The van der Waals surface area contributed by atoms with Crippen molar-refractivity contribution in [1.82, 2.24) is 10.3 Å². The molecule has 6 heteroatoms. The third kappa shape index (κ3) is 3.19. The van der Waals surface area contributed by atoms with E-state index in [4.69, 9.17) is 10.6 Å². The Kier molecular flexibility index (Phi) is 3.00. The summed E-state index contributed by atoms with van der Waals surface area (Å²) >= 11 is 0. The van der Waals surface area contributed by atoms with Crippen LogP contribution in [0.15, 0.2) is 5.22 Å². The van der Waals surface area contributed by atoms with Gasteiger partial charge < -0.3 is 5.11 Å². The summed E-state index contributed by atoms with van der Waals surface area (Å²) in [5.41, 5.74) is 8.24. The highest BCUT2D eigenvalue weighted by Crippen LogP contribution is 1.77. The maximum Gasteiger partial charge on any atom is 0.350 e. The SMILES string of the molecule is CC(NN=[N+]=N)C(=O)O. The molecule has 0 aliphatic carbocycles. The number of rotatable bonds is 3. The van der Waals surface area contributed by atoms with Gasteiger partial charge in [0.05, 0.1) is 4.91 Å². The molecule has 0 aromatic rings. The molecule has 3 N–H and O–H groups in total. The van der Waals surface area contributed by atoms with E-state index in [2.05, 4.69) is 15.6 Å². The van der Waals surface area contributed by atoms with Crippen molar-refractivity contribution in [2.45, 2.75) is 13.0 Å². The molecule has 0 fully saturated rings. The standard InChI is InChI=1S/C3H6N4O2/c1-2(3(8)9)5-7-6-4/h2,4H,1H3,(H,8,9)/p+1. The molecule has 0 saturated heterocycles. The molecular formula is C3H7N4O2+. The van der Waals surface area contributed by atoms with Gasteiger partial charge in [0.25, 0.3) is 0 Å². The van der Waals surface area contributed by atoms with E-state index < -0.39 is 12.0 Å². The molecule has 0 spiro atoms. The number of nitrogens with zero attached hydrogens (tertiary/aromatic N) is 2.